The quantitative estimate of drug-likeness (QED) is 0.883. The third kappa shape index (κ3) is 3.47. The minimum absolute atomic E-state index is 0.130. The molecule has 0 unspecified atom stereocenters. The highest BCUT2D eigenvalue weighted by Crippen LogP contribution is 2.18. The number of carbonyl (C=O) groups is 1. The second-order valence-corrected chi connectivity index (χ2v) is 4.75. The highest BCUT2D eigenvalue weighted by atomic mass is 32.1. The molecule has 0 saturated carbocycles. The summed E-state index contributed by atoms with van der Waals surface area (Å²) in [5.74, 6) is -0.947. The van der Waals surface area contributed by atoms with Gasteiger partial charge in [0, 0.05) is 6.54 Å². The topological polar surface area (TPSA) is 66.9 Å². The molecule has 0 aliphatic heterocycles. The maximum absolute atomic E-state index is 13.4. The summed E-state index contributed by atoms with van der Waals surface area (Å²) < 4.78 is 13.4. The molecule has 19 heavy (non-hydrogen) atoms. The van der Waals surface area contributed by atoms with E-state index in [1.54, 1.807) is 12.1 Å². The van der Waals surface area contributed by atoms with Crippen molar-refractivity contribution in [1.82, 2.24) is 10.2 Å². The van der Waals surface area contributed by atoms with Gasteiger partial charge in [-0.2, -0.15) is 0 Å². The number of aromatic nitrogens is 2. The smallest absolute Gasteiger partial charge is 0.286 e. The molecule has 1 heterocycles. The van der Waals surface area contributed by atoms with Gasteiger partial charge in [-0.3, -0.25) is 4.79 Å². The maximum Gasteiger partial charge on any atom is 0.286 e. The van der Waals surface area contributed by atoms with Gasteiger partial charge in [-0.25, -0.2) is 4.39 Å². The van der Waals surface area contributed by atoms with Crippen LogP contribution in [0.1, 0.15) is 23.1 Å². The van der Waals surface area contributed by atoms with Crippen molar-refractivity contribution < 1.29 is 9.18 Å². The molecule has 0 aliphatic carbocycles. The highest BCUT2D eigenvalue weighted by molar-refractivity contribution is 7.17. The summed E-state index contributed by atoms with van der Waals surface area (Å²) in [6.07, 6.45) is 0.955. The highest BCUT2D eigenvalue weighted by Gasteiger charge is 2.14. The number of rotatable bonds is 5. The fraction of sp³-hybridized carbons (Fsp3) is 0.250. The molecule has 0 spiro atoms. The predicted octanol–water partition coefficient (Wildman–Crippen LogP) is 2.75. The van der Waals surface area contributed by atoms with Crippen LogP contribution in [0, 0.1) is 5.82 Å². The van der Waals surface area contributed by atoms with E-state index in [-0.39, 0.29) is 10.7 Å². The summed E-state index contributed by atoms with van der Waals surface area (Å²) in [7, 11) is 0. The summed E-state index contributed by atoms with van der Waals surface area (Å²) in [4.78, 5) is 11.9. The Balaban J connectivity index is 2.04. The van der Waals surface area contributed by atoms with E-state index in [1.807, 2.05) is 6.92 Å². The van der Waals surface area contributed by atoms with Gasteiger partial charge in [0.1, 0.15) is 5.82 Å². The van der Waals surface area contributed by atoms with Crippen molar-refractivity contribution in [2.75, 3.05) is 17.2 Å². The van der Waals surface area contributed by atoms with Crippen LogP contribution in [0.4, 0.5) is 15.2 Å². The van der Waals surface area contributed by atoms with Gasteiger partial charge in [-0.15, -0.1) is 10.2 Å². The lowest BCUT2D eigenvalue weighted by atomic mass is 10.3. The van der Waals surface area contributed by atoms with Crippen LogP contribution in [0.5, 0.6) is 0 Å². The van der Waals surface area contributed by atoms with Crippen LogP contribution in [0.15, 0.2) is 24.3 Å². The molecule has 0 bridgehead atoms. The number of carbonyl (C=O) groups excluding carboxylic acids is 1. The van der Waals surface area contributed by atoms with Crippen molar-refractivity contribution in [3.63, 3.8) is 0 Å². The lowest BCUT2D eigenvalue weighted by Gasteiger charge is -2.02. The maximum atomic E-state index is 13.4. The van der Waals surface area contributed by atoms with E-state index < -0.39 is 11.7 Å². The molecule has 0 fully saturated rings. The number of hydrogen-bond donors (Lipinski definition) is 2. The fourth-order valence-corrected chi connectivity index (χ4v) is 2.02. The van der Waals surface area contributed by atoms with E-state index in [0.29, 0.717) is 5.13 Å². The van der Waals surface area contributed by atoms with Gasteiger partial charge in [-0.05, 0) is 18.6 Å². The molecule has 100 valence electrons. The van der Waals surface area contributed by atoms with E-state index in [9.17, 15) is 9.18 Å². The van der Waals surface area contributed by atoms with E-state index in [1.165, 1.54) is 12.1 Å². The van der Waals surface area contributed by atoms with Gasteiger partial charge in [0.05, 0.1) is 5.69 Å². The van der Waals surface area contributed by atoms with Gasteiger partial charge in [0.15, 0.2) is 0 Å². The molecule has 1 aromatic carbocycles. The predicted molar refractivity (Wildman–Crippen MR) is 73.0 cm³/mol. The summed E-state index contributed by atoms with van der Waals surface area (Å²) in [6, 6.07) is 5.98. The lowest BCUT2D eigenvalue weighted by molar-refractivity contribution is 0.102. The second-order valence-electron chi connectivity index (χ2n) is 3.77. The number of amides is 1. The monoisotopic (exact) mass is 280 g/mol. The van der Waals surface area contributed by atoms with Gasteiger partial charge in [-0.1, -0.05) is 30.4 Å². The van der Waals surface area contributed by atoms with Crippen LogP contribution in [-0.4, -0.2) is 22.6 Å². The van der Waals surface area contributed by atoms with Gasteiger partial charge in [0.2, 0.25) is 10.1 Å². The molecule has 0 atom stereocenters. The number of nitrogens with zero attached hydrogens (tertiary/aromatic N) is 2. The van der Waals surface area contributed by atoms with Crippen LogP contribution in [-0.2, 0) is 0 Å². The normalized spacial score (nSPS) is 10.2. The summed E-state index contributed by atoms with van der Waals surface area (Å²) in [6.45, 7) is 2.80. The van der Waals surface area contributed by atoms with Crippen molar-refractivity contribution >= 4 is 28.1 Å². The number of nitrogens with one attached hydrogen (secondary N) is 2. The zero-order valence-corrected chi connectivity index (χ0v) is 11.1. The average molecular weight is 280 g/mol. The standard InChI is InChI=1S/C12H13FN4OS/c1-2-7-14-12-17-16-11(19-12)10(18)15-9-6-4-3-5-8(9)13/h3-6H,2,7H2,1H3,(H,14,17)(H,15,18). The first-order valence-electron chi connectivity index (χ1n) is 5.84. The van der Waals surface area contributed by atoms with Crippen LogP contribution in [0.2, 0.25) is 0 Å². The number of para-hydroxylation sites is 1. The Morgan fingerprint density at radius 1 is 1.37 bits per heavy atom. The molecule has 2 rings (SSSR count). The van der Waals surface area contributed by atoms with Crippen molar-refractivity contribution in [1.29, 1.82) is 0 Å². The molecule has 1 amide bonds. The second kappa shape index (κ2) is 6.24. The molecule has 2 N–H and O–H groups in total. The van der Waals surface area contributed by atoms with Gasteiger partial charge < -0.3 is 10.6 Å². The molecule has 0 radical (unpaired) electrons. The Bertz CT molecular complexity index is 572. The van der Waals surface area contributed by atoms with Crippen LogP contribution < -0.4 is 10.6 Å². The first-order valence-corrected chi connectivity index (χ1v) is 6.65. The van der Waals surface area contributed by atoms with E-state index in [0.717, 1.165) is 24.3 Å². The molecular formula is C12H13FN4OS. The summed E-state index contributed by atoms with van der Waals surface area (Å²) >= 11 is 1.14. The van der Waals surface area contributed by atoms with Crippen molar-refractivity contribution in [2.24, 2.45) is 0 Å². The lowest BCUT2D eigenvalue weighted by Crippen LogP contribution is -2.12. The fourth-order valence-electron chi connectivity index (χ4n) is 1.36. The molecule has 5 nitrogen and oxygen atoms in total. The molecule has 7 heteroatoms. The summed E-state index contributed by atoms with van der Waals surface area (Å²) in [5.41, 5.74) is 0.130. The molecule has 2 aromatic rings. The SMILES string of the molecule is CCCNc1nnc(C(=O)Nc2ccccc2F)s1. The Morgan fingerprint density at radius 2 is 2.16 bits per heavy atom. The Labute approximate surface area is 113 Å². The molecule has 1 aromatic heterocycles. The van der Waals surface area contributed by atoms with E-state index in [4.69, 9.17) is 0 Å². The number of hydrogen-bond acceptors (Lipinski definition) is 5. The Kier molecular flexibility index (Phi) is 4.40. The van der Waals surface area contributed by atoms with Crippen molar-refractivity contribution in [2.45, 2.75) is 13.3 Å². The Hall–Kier alpha value is -2.02. The molecule has 0 saturated heterocycles. The zero-order chi connectivity index (χ0) is 13.7. The van der Waals surface area contributed by atoms with E-state index >= 15 is 0 Å². The molecule has 0 aliphatic rings. The third-order valence-electron chi connectivity index (χ3n) is 2.27. The van der Waals surface area contributed by atoms with Crippen LogP contribution in [0.3, 0.4) is 0 Å². The zero-order valence-electron chi connectivity index (χ0n) is 10.3. The number of halogens is 1. The van der Waals surface area contributed by atoms with Crippen molar-refractivity contribution in [3.8, 4) is 0 Å². The Morgan fingerprint density at radius 3 is 2.89 bits per heavy atom. The average Bonchev–Trinajstić information content (AvgIpc) is 2.88. The van der Waals surface area contributed by atoms with E-state index in [2.05, 4.69) is 20.8 Å². The number of benzene rings is 1. The minimum Gasteiger partial charge on any atom is -0.360 e. The number of anilines is 2. The van der Waals surface area contributed by atoms with Gasteiger partial charge >= 0.3 is 0 Å². The van der Waals surface area contributed by atoms with Crippen LogP contribution in [0.25, 0.3) is 0 Å². The van der Waals surface area contributed by atoms with Crippen LogP contribution >= 0.6 is 11.3 Å². The van der Waals surface area contributed by atoms with Crippen molar-refractivity contribution in [3.05, 3.63) is 35.1 Å². The largest absolute Gasteiger partial charge is 0.360 e. The van der Waals surface area contributed by atoms with Gasteiger partial charge in [0.25, 0.3) is 5.91 Å². The third-order valence-corrected chi connectivity index (χ3v) is 3.15. The molecular weight excluding hydrogens is 267 g/mol. The first-order chi connectivity index (χ1) is 9.20. The summed E-state index contributed by atoms with van der Waals surface area (Å²) in [5, 5.41) is 13.9. The minimum atomic E-state index is -0.482. The first kappa shape index (κ1) is 13.4.